The third-order valence-electron chi connectivity index (χ3n) is 7.58. The van der Waals surface area contributed by atoms with E-state index >= 15 is 0 Å². The van der Waals surface area contributed by atoms with Crippen LogP contribution in [0.15, 0.2) is 72.8 Å². The summed E-state index contributed by atoms with van der Waals surface area (Å²) >= 11 is 1.56. The molecule has 1 atom stereocenters. The number of methoxy groups -OCH3 is 1. The molecule has 0 radical (unpaired) electrons. The van der Waals surface area contributed by atoms with Gasteiger partial charge in [-0.1, -0.05) is 68.4 Å². The van der Waals surface area contributed by atoms with Crippen molar-refractivity contribution in [3.05, 3.63) is 89.5 Å². The van der Waals surface area contributed by atoms with Gasteiger partial charge in [0, 0.05) is 29.8 Å². The van der Waals surface area contributed by atoms with Gasteiger partial charge in [0.2, 0.25) is 0 Å². The van der Waals surface area contributed by atoms with Gasteiger partial charge in [0.05, 0.1) is 7.11 Å². The van der Waals surface area contributed by atoms with Crippen LogP contribution in [0, 0.1) is 0 Å². The molecule has 0 bridgehead atoms. The standard InChI is InChI=1S/C37H50N2O4S/c1-9-29(10-2)30-17-19-33(20-18-30)39(26(3)4)23-27-13-11-15-31(21-27)32-16-12-14-28(22-32)24-44-25-34(35(40)42-8)38-36(41)43-37(5,6)7/h11-22,26,29,34H,9-10,23-25H2,1-8H3,(H,38,41). The molecule has 0 heterocycles. The van der Waals surface area contributed by atoms with E-state index in [9.17, 15) is 9.59 Å². The molecular formula is C37H50N2O4S. The predicted molar refractivity (Wildman–Crippen MR) is 184 cm³/mol. The summed E-state index contributed by atoms with van der Waals surface area (Å²) in [5.41, 5.74) is 6.72. The molecule has 3 rings (SSSR count). The fourth-order valence-corrected chi connectivity index (χ4v) is 6.20. The SMILES string of the molecule is CCC(CC)c1ccc(N(Cc2cccc(-c3cccc(CSCC(NC(=O)OC(C)(C)C)C(=O)OC)c3)c2)C(C)C)cc1. The molecule has 0 fully saturated rings. The van der Waals surface area contributed by atoms with Gasteiger partial charge in [-0.25, -0.2) is 9.59 Å². The first-order chi connectivity index (χ1) is 20.9. The minimum Gasteiger partial charge on any atom is -0.467 e. The van der Waals surface area contributed by atoms with Crippen LogP contribution in [0.1, 0.15) is 83.9 Å². The minimum atomic E-state index is -0.792. The molecule has 0 aliphatic rings. The number of ether oxygens (including phenoxy) is 2. The van der Waals surface area contributed by atoms with Gasteiger partial charge >= 0.3 is 12.1 Å². The Morgan fingerprint density at radius 3 is 2.02 bits per heavy atom. The molecule has 0 saturated carbocycles. The van der Waals surface area contributed by atoms with E-state index in [1.807, 2.05) is 0 Å². The van der Waals surface area contributed by atoms with E-state index in [0.717, 1.165) is 30.5 Å². The Morgan fingerprint density at radius 2 is 1.48 bits per heavy atom. The first-order valence-corrected chi connectivity index (χ1v) is 16.8. The number of alkyl carbamates (subject to hydrolysis) is 1. The van der Waals surface area contributed by atoms with Gasteiger partial charge in [0.15, 0.2) is 0 Å². The van der Waals surface area contributed by atoms with Gasteiger partial charge in [-0.3, -0.25) is 0 Å². The minimum absolute atomic E-state index is 0.358. The number of anilines is 1. The Morgan fingerprint density at radius 1 is 0.886 bits per heavy atom. The number of carbonyl (C=O) groups excluding carboxylic acids is 2. The lowest BCUT2D eigenvalue weighted by atomic mass is 9.94. The quantitative estimate of drug-likeness (QED) is 0.182. The van der Waals surface area contributed by atoms with Crippen LogP contribution in [0.4, 0.5) is 10.5 Å². The summed E-state index contributed by atoms with van der Waals surface area (Å²) in [7, 11) is 1.32. The molecule has 1 N–H and O–H groups in total. The number of hydrogen-bond acceptors (Lipinski definition) is 6. The molecule has 3 aromatic rings. The molecule has 1 amide bonds. The highest BCUT2D eigenvalue weighted by Crippen LogP contribution is 2.29. The zero-order valence-corrected chi connectivity index (χ0v) is 28.5. The van der Waals surface area contributed by atoms with E-state index < -0.39 is 23.7 Å². The molecule has 0 aliphatic carbocycles. The normalized spacial score (nSPS) is 12.2. The summed E-state index contributed by atoms with van der Waals surface area (Å²) in [6.07, 6.45) is 1.69. The Labute approximate surface area is 268 Å². The van der Waals surface area contributed by atoms with E-state index in [1.54, 1.807) is 32.5 Å². The topological polar surface area (TPSA) is 67.9 Å². The largest absolute Gasteiger partial charge is 0.467 e. The van der Waals surface area contributed by atoms with Crippen molar-refractivity contribution < 1.29 is 19.1 Å². The molecule has 6 nitrogen and oxygen atoms in total. The first-order valence-electron chi connectivity index (χ1n) is 15.6. The number of benzene rings is 3. The average molecular weight is 619 g/mol. The fourth-order valence-electron chi connectivity index (χ4n) is 5.21. The summed E-state index contributed by atoms with van der Waals surface area (Å²) in [5.74, 6) is 1.18. The summed E-state index contributed by atoms with van der Waals surface area (Å²) < 4.78 is 10.2. The number of hydrogen-bond donors (Lipinski definition) is 1. The van der Waals surface area contributed by atoms with Crippen LogP contribution >= 0.6 is 11.8 Å². The van der Waals surface area contributed by atoms with Crippen LogP contribution < -0.4 is 10.2 Å². The van der Waals surface area contributed by atoms with Crippen molar-refractivity contribution >= 4 is 29.5 Å². The van der Waals surface area contributed by atoms with E-state index in [0.29, 0.717) is 23.5 Å². The summed E-state index contributed by atoms with van der Waals surface area (Å²) in [6, 6.07) is 25.9. The number of nitrogens with zero attached hydrogens (tertiary/aromatic N) is 1. The van der Waals surface area contributed by atoms with Crippen LogP contribution in [0.25, 0.3) is 11.1 Å². The summed E-state index contributed by atoms with van der Waals surface area (Å²) in [6.45, 7) is 15.2. The first kappa shape index (κ1) is 35.0. The van der Waals surface area contributed by atoms with Crippen molar-refractivity contribution in [3.8, 4) is 11.1 Å². The van der Waals surface area contributed by atoms with Crippen LogP contribution in [-0.2, 0) is 26.6 Å². The fraction of sp³-hybridized carbons (Fsp3) is 0.459. The van der Waals surface area contributed by atoms with Crippen molar-refractivity contribution in [3.63, 3.8) is 0 Å². The van der Waals surface area contributed by atoms with Gasteiger partial charge in [-0.15, -0.1) is 0 Å². The van der Waals surface area contributed by atoms with Crippen molar-refractivity contribution in [2.24, 2.45) is 0 Å². The maximum atomic E-state index is 12.3. The van der Waals surface area contributed by atoms with Gasteiger partial charge < -0.3 is 19.7 Å². The van der Waals surface area contributed by atoms with E-state index in [2.05, 4.69) is 111 Å². The lowest BCUT2D eigenvalue weighted by Gasteiger charge is -2.30. The van der Waals surface area contributed by atoms with Crippen LogP contribution in [0.2, 0.25) is 0 Å². The van der Waals surface area contributed by atoms with Crippen molar-refractivity contribution in [1.29, 1.82) is 0 Å². The smallest absolute Gasteiger partial charge is 0.408 e. The number of amides is 1. The maximum absolute atomic E-state index is 12.3. The predicted octanol–water partition coefficient (Wildman–Crippen LogP) is 8.97. The van der Waals surface area contributed by atoms with E-state index in [4.69, 9.17) is 9.47 Å². The zero-order valence-electron chi connectivity index (χ0n) is 27.7. The number of carbonyl (C=O) groups is 2. The molecule has 238 valence electrons. The lowest BCUT2D eigenvalue weighted by molar-refractivity contribution is -0.142. The molecule has 0 aromatic heterocycles. The lowest BCUT2D eigenvalue weighted by Crippen LogP contribution is -2.45. The molecule has 7 heteroatoms. The molecule has 44 heavy (non-hydrogen) atoms. The van der Waals surface area contributed by atoms with Crippen LogP contribution in [0.3, 0.4) is 0 Å². The van der Waals surface area contributed by atoms with E-state index in [1.165, 1.54) is 29.5 Å². The van der Waals surface area contributed by atoms with Gasteiger partial charge in [-0.2, -0.15) is 11.8 Å². The number of rotatable bonds is 14. The van der Waals surface area contributed by atoms with Crippen molar-refractivity contribution in [1.82, 2.24) is 5.32 Å². The number of esters is 1. The second kappa shape index (κ2) is 16.6. The monoisotopic (exact) mass is 618 g/mol. The molecule has 1 unspecified atom stereocenters. The highest BCUT2D eigenvalue weighted by molar-refractivity contribution is 7.98. The third kappa shape index (κ3) is 10.6. The zero-order chi connectivity index (χ0) is 32.3. The summed E-state index contributed by atoms with van der Waals surface area (Å²) in [4.78, 5) is 27.0. The Balaban J connectivity index is 1.68. The van der Waals surface area contributed by atoms with Gasteiger partial charge in [0.25, 0.3) is 0 Å². The maximum Gasteiger partial charge on any atom is 0.408 e. The Kier molecular flexibility index (Phi) is 13.2. The molecular weight excluding hydrogens is 568 g/mol. The van der Waals surface area contributed by atoms with Crippen molar-refractivity contribution in [2.75, 3.05) is 17.8 Å². The molecule has 3 aromatic carbocycles. The average Bonchev–Trinajstić information content (AvgIpc) is 2.99. The number of nitrogens with one attached hydrogen (secondary N) is 1. The van der Waals surface area contributed by atoms with Crippen LogP contribution in [-0.4, -0.2) is 42.6 Å². The second-order valence-electron chi connectivity index (χ2n) is 12.5. The number of thioether (sulfide) groups is 1. The Bertz CT molecular complexity index is 1350. The van der Waals surface area contributed by atoms with E-state index in [-0.39, 0.29) is 0 Å². The molecule has 0 saturated heterocycles. The van der Waals surface area contributed by atoms with Gasteiger partial charge in [-0.05, 0) is 99.4 Å². The van der Waals surface area contributed by atoms with Gasteiger partial charge in [0.1, 0.15) is 11.6 Å². The summed E-state index contributed by atoms with van der Waals surface area (Å²) in [5, 5.41) is 2.64. The second-order valence-corrected chi connectivity index (χ2v) is 13.5. The molecule has 0 aliphatic heterocycles. The third-order valence-corrected chi connectivity index (χ3v) is 8.68. The molecule has 0 spiro atoms. The highest BCUT2D eigenvalue weighted by atomic mass is 32.2. The highest BCUT2D eigenvalue weighted by Gasteiger charge is 2.25. The Hall–Kier alpha value is -3.45. The van der Waals surface area contributed by atoms with Crippen LogP contribution in [0.5, 0.6) is 0 Å². The van der Waals surface area contributed by atoms with Crippen molar-refractivity contribution in [2.45, 2.75) is 97.2 Å².